The average Bonchev–Trinajstić information content (AvgIpc) is 2.74. The highest BCUT2D eigenvalue weighted by Gasteiger charge is 2.30. The standard InChI is InChI=1S/C10H18N2O4S2/c1-5(17-3-6(11)9(13)14)2-8-12-7(4-18-8)10(15)16/h5-8,12H,2-4,11H2,1H3,(H,13,14)(H,15,16). The lowest BCUT2D eigenvalue weighted by Gasteiger charge is -2.17. The van der Waals surface area contributed by atoms with Gasteiger partial charge in [-0.1, -0.05) is 6.92 Å². The topological polar surface area (TPSA) is 113 Å². The van der Waals surface area contributed by atoms with Crippen molar-refractivity contribution in [3.8, 4) is 0 Å². The molecule has 1 aliphatic rings. The predicted molar refractivity (Wildman–Crippen MR) is 73.0 cm³/mol. The zero-order valence-corrected chi connectivity index (χ0v) is 11.7. The number of carbonyl (C=O) groups is 2. The number of hydrogen-bond acceptors (Lipinski definition) is 6. The van der Waals surface area contributed by atoms with Gasteiger partial charge in [0, 0.05) is 16.8 Å². The van der Waals surface area contributed by atoms with Crippen LogP contribution in [0.15, 0.2) is 0 Å². The van der Waals surface area contributed by atoms with Crippen LogP contribution in [0.5, 0.6) is 0 Å². The molecule has 0 aromatic carbocycles. The van der Waals surface area contributed by atoms with Gasteiger partial charge in [-0.3, -0.25) is 14.9 Å². The third-order valence-corrected chi connectivity index (χ3v) is 5.14. The van der Waals surface area contributed by atoms with Crippen molar-refractivity contribution in [2.45, 2.75) is 36.1 Å². The van der Waals surface area contributed by atoms with Crippen molar-refractivity contribution in [3.63, 3.8) is 0 Å². The van der Waals surface area contributed by atoms with E-state index in [1.165, 1.54) is 11.8 Å². The molecule has 0 radical (unpaired) electrons. The molecule has 1 fully saturated rings. The lowest BCUT2D eigenvalue weighted by Crippen LogP contribution is -2.37. The van der Waals surface area contributed by atoms with Gasteiger partial charge >= 0.3 is 11.9 Å². The van der Waals surface area contributed by atoms with E-state index in [9.17, 15) is 9.59 Å². The van der Waals surface area contributed by atoms with Crippen LogP contribution >= 0.6 is 23.5 Å². The number of carboxylic acids is 2. The Hall–Kier alpha value is -0.440. The summed E-state index contributed by atoms with van der Waals surface area (Å²) in [6.07, 6.45) is 0.797. The number of nitrogens with two attached hydrogens (primary N) is 1. The quantitative estimate of drug-likeness (QED) is 0.520. The van der Waals surface area contributed by atoms with Crippen LogP contribution in [0.1, 0.15) is 13.3 Å². The second-order valence-corrected chi connectivity index (χ2v) is 6.91. The molecule has 0 aromatic rings. The van der Waals surface area contributed by atoms with Crippen molar-refractivity contribution in [3.05, 3.63) is 0 Å². The van der Waals surface area contributed by atoms with Crippen LogP contribution in [0.2, 0.25) is 0 Å². The molecule has 18 heavy (non-hydrogen) atoms. The molecule has 0 aromatic heterocycles. The molecule has 4 atom stereocenters. The number of nitrogens with one attached hydrogen (secondary N) is 1. The van der Waals surface area contributed by atoms with E-state index in [0.29, 0.717) is 11.5 Å². The van der Waals surface area contributed by atoms with E-state index in [0.717, 1.165) is 6.42 Å². The molecule has 104 valence electrons. The number of carboxylic acid groups (broad SMARTS) is 2. The van der Waals surface area contributed by atoms with Gasteiger partial charge in [0.25, 0.3) is 0 Å². The van der Waals surface area contributed by atoms with Gasteiger partial charge in [-0.15, -0.1) is 11.8 Å². The Morgan fingerprint density at radius 1 is 1.56 bits per heavy atom. The van der Waals surface area contributed by atoms with Gasteiger partial charge in [0.1, 0.15) is 12.1 Å². The summed E-state index contributed by atoms with van der Waals surface area (Å²) in [5.74, 6) is -0.866. The van der Waals surface area contributed by atoms with E-state index in [-0.39, 0.29) is 10.6 Å². The maximum absolute atomic E-state index is 10.8. The fourth-order valence-corrected chi connectivity index (χ4v) is 4.00. The lowest BCUT2D eigenvalue weighted by molar-refractivity contribution is -0.139. The summed E-state index contributed by atoms with van der Waals surface area (Å²) >= 11 is 3.10. The minimum Gasteiger partial charge on any atom is -0.480 e. The Kier molecular flexibility index (Phi) is 6.27. The normalized spacial score (nSPS) is 26.8. The molecule has 6 nitrogen and oxygen atoms in total. The first-order valence-electron chi connectivity index (χ1n) is 5.60. The van der Waals surface area contributed by atoms with Crippen molar-refractivity contribution in [2.75, 3.05) is 11.5 Å². The van der Waals surface area contributed by atoms with Gasteiger partial charge in [0.15, 0.2) is 0 Å². The Morgan fingerprint density at radius 2 is 2.22 bits per heavy atom. The van der Waals surface area contributed by atoms with E-state index < -0.39 is 24.0 Å². The van der Waals surface area contributed by atoms with Crippen LogP contribution < -0.4 is 11.1 Å². The molecule has 0 spiro atoms. The largest absolute Gasteiger partial charge is 0.480 e. The molecular formula is C10H18N2O4S2. The smallest absolute Gasteiger partial charge is 0.321 e. The van der Waals surface area contributed by atoms with Gasteiger partial charge in [-0.2, -0.15) is 11.8 Å². The summed E-state index contributed by atoms with van der Waals surface area (Å²) in [6.45, 7) is 2.00. The van der Waals surface area contributed by atoms with E-state index in [2.05, 4.69) is 5.32 Å². The molecule has 1 heterocycles. The van der Waals surface area contributed by atoms with E-state index in [1.807, 2.05) is 6.92 Å². The van der Waals surface area contributed by atoms with Crippen LogP contribution in [0.3, 0.4) is 0 Å². The summed E-state index contributed by atoms with van der Waals surface area (Å²) in [5.41, 5.74) is 5.42. The summed E-state index contributed by atoms with van der Waals surface area (Å²) in [5, 5.41) is 20.9. The molecule has 0 bridgehead atoms. The van der Waals surface area contributed by atoms with Crippen LogP contribution in [-0.4, -0.2) is 56.4 Å². The third-order valence-electron chi connectivity index (χ3n) is 2.57. The zero-order chi connectivity index (χ0) is 13.7. The number of aliphatic carboxylic acids is 2. The number of thioether (sulfide) groups is 2. The van der Waals surface area contributed by atoms with Gasteiger partial charge in [-0.25, -0.2) is 0 Å². The Labute approximate surface area is 114 Å². The van der Waals surface area contributed by atoms with Gasteiger partial charge in [0.2, 0.25) is 0 Å². The predicted octanol–water partition coefficient (Wildman–Crippen LogP) is 0.0258. The molecule has 1 saturated heterocycles. The monoisotopic (exact) mass is 294 g/mol. The van der Waals surface area contributed by atoms with E-state index in [1.54, 1.807) is 11.8 Å². The molecular weight excluding hydrogens is 276 g/mol. The van der Waals surface area contributed by atoms with Gasteiger partial charge < -0.3 is 15.9 Å². The molecule has 1 rings (SSSR count). The summed E-state index contributed by atoms with van der Waals surface area (Å²) in [7, 11) is 0. The summed E-state index contributed by atoms with van der Waals surface area (Å²) in [4.78, 5) is 21.3. The minimum atomic E-state index is -0.992. The Balaban J connectivity index is 2.23. The second-order valence-electron chi connectivity index (χ2n) is 4.20. The van der Waals surface area contributed by atoms with E-state index >= 15 is 0 Å². The van der Waals surface area contributed by atoms with Crippen LogP contribution in [0.4, 0.5) is 0 Å². The summed E-state index contributed by atoms with van der Waals surface area (Å²) in [6, 6.07) is -1.31. The Morgan fingerprint density at radius 3 is 2.72 bits per heavy atom. The first-order chi connectivity index (χ1) is 8.40. The van der Waals surface area contributed by atoms with Crippen molar-refractivity contribution in [1.82, 2.24) is 5.32 Å². The number of hydrogen-bond donors (Lipinski definition) is 4. The fraction of sp³-hybridized carbons (Fsp3) is 0.800. The molecule has 4 unspecified atom stereocenters. The average molecular weight is 294 g/mol. The summed E-state index contributed by atoms with van der Waals surface area (Å²) < 4.78 is 0. The highest BCUT2D eigenvalue weighted by atomic mass is 32.2. The van der Waals surface area contributed by atoms with Crippen LogP contribution in [0, 0.1) is 0 Å². The van der Waals surface area contributed by atoms with Gasteiger partial charge in [0.05, 0.1) is 5.37 Å². The fourth-order valence-electron chi connectivity index (χ4n) is 1.52. The van der Waals surface area contributed by atoms with Gasteiger partial charge in [-0.05, 0) is 6.42 Å². The first kappa shape index (κ1) is 15.6. The maximum atomic E-state index is 10.8. The lowest BCUT2D eigenvalue weighted by atomic mass is 10.3. The molecule has 1 aliphatic heterocycles. The van der Waals surface area contributed by atoms with E-state index in [4.69, 9.17) is 15.9 Å². The highest BCUT2D eigenvalue weighted by Crippen LogP contribution is 2.26. The molecule has 0 amide bonds. The van der Waals surface area contributed by atoms with Crippen molar-refractivity contribution in [1.29, 1.82) is 0 Å². The molecule has 8 heteroatoms. The van der Waals surface area contributed by atoms with Crippen LogP contribution in [0.25, 0.3) is 0 Å². The SMILES string of the molecule is CC(CC1NC(C(=O)O)CS1)SCC(N)C(=O)O. The maximum Gasteiger partial charge on any atom is 0.321 e. The molecule has 0 aliphatic carbocycles. The van der Waals surface area contributed by atoms with Crippen molar-refractivity contribution >= 4 is 35.5 Å². The number of rotatable bonds is 7. The van der Waals surface area contributed by atoms with Crippen molar-refractivity contribution in [2.24, 2.45) is 5.73 Å². The minimum absolute atomic E-state index is 0.120. The third kappa shape index (κ3) is 5.05. The highest BCUT2D eigenvalue weighted by molar-refractivity contribution is 8.01. The Bertz CT molecular complexity index is 316. The molecule has 5 N–H and O–H groups in total. The molecule has 0 saturated carbocycles. The zero-order valence-electron chi connectivity index (χ0n) is 10.0. The van der Waals surface area contributed by atoms with Crippen molar-refractivity contribution < 1.29 is 19.8 Å². The second kappa shape index (κ2) is 7.22. The first-order valence-corrected chi connectivity index (χ1v) is 7.70. The van der Waals surface area contributed by atoms with Crippen LogP contribution in [-0.2, 0) is 9.59 Å².